The molecule has 3 nitrogen and oxygen atoms in total. The largest absolute Gasteiger partial charge is 0.307 e. The van der Waals surface area contributed by atoms with E-state index in [-0.39, 0.29) is 0 Å². The van der Waals surface area contributed by atoms with Crippen LogP contribution in [0, 0.1) is 0 Å². The summed E-state index contributed by atoms with van der Waals surface area (Å²) in [6.45, 7) is 6.35. The molecule has 2 rings (SSSR count). The van der Waals surface area contributed by atoms with Gasteiger partial charge in [-0.05, 0) is 24.5 Å². The van der Waals surface area contributed by atoms with Crippen LogP contribution >= 0.6 is 11.6 Å². The number of carbonyl (C=O) groups excluding carboxylic acids is 1. The van der Waals surface area contributed by atoms with Crippen molar-refractivity contribution in [1.29, 1.82) is 0 Å². The van der Waals surface area contributed by atoms with E-state index in [9.17, 15) is 0 Å². The van der Waals surface area contributed by atoms with Crippen LogP contribution in [0.1, 0.15) is 31.9 Å². The standard InChI is InChI=1S/C11H13ClN2.CH2O/c1-3-8(2)10-7-14-6-9(12)4-5-11(14)13-10;1-2/h4-8H,3H2,1-2H3;1H2. The predicted octanol–water partition coefficient (Wildman–Crippen LogP) is 3.32. The Kier molecular flexibility index (Phi) is 4.50. The zero-order valence-corrected chi connectivity index (χ0v) is 10.2. The Hall–Kier alpha value is -1.35. The lowest BCUT2D eigenvalue weighted by Crippen LogP contribution is -1.89. The van der Waals surface area contributed by atoms with Crippen molar-refractivity contribution < 1.29 is 4.79 Å². The van der Waals surface area contributed by atoms with Gasteiger partial charge in [0.15, 0.2) is 0 Å². The summed E-state index contributed by atoms with van der Waals surface area (Å²) in [5, 5.41) is 0.741. The van der Waals surface area contributed by atoms with E-state index in [0.29, 0.717) is 5.92 Å². The fourth-order valence-electron chi connectivity index (χ4n) is 1.43. The molecule has 0 radical (unpaired) electrons. The monoisotopic (exact) mass is 238 g/mol. The predicted molar refractivity (Wildman–Crippen MR) is 66.0 cm³/mol. The Morgan fingerprint density at radius 3 is 2.75 bits per heavy atom. The SMILES string of the molecule is C=O.CCC(C)c1cn2cc(Cl)ccc2n1. The van der Waals surface area contributed by atoms with Crippen LogP contribution in [0.3, 0.4) is 0 Å². The second-order valence-electron chi connectivity index (χ2n) is 3.59. The molecular weight excluding hydrogens is 224 g/mol. The van der Waals surface area contributed by atoms with Crippen LogP contribution in [0.15, 0.2) is 24.5 Å². The van der Waals surface area contributed by atoms with Gasteiger partial charge in [-0.1, -0.05) is 25.4 Å². The number of rotatable bonds is 2. The maximum absolute atomic E-state index is 8.00. The van der Waals surface area contributed by atoms with Crippen molar-refractivity contribution in [2.24, 2.45) is 0 Å². The lowest BCUT2D eigenvalue weighted by molar-refractivity contribution is -0.0979. The molecule has 0 spiro atoms. The van der Waals surface area contributed by atoms with Crippen molar-refractivity contribution in [2.75, 3.05) is 0 Å². The minimum absolute atomic E-state index is 0.508. The highest BCUT2D eigenvalue weighted by Gasteiger charge is 2.07. The van der Waals surface area contributed by atoms with Crippen molar-refractivity contribution in [1.82, 2.24) is 9.38 Å². The summed E-state index contributed by atoms with van der Waals surface area (Å²) in [5.74, 6) is 0.508. The van der Waals surface area contributed by atoms with Crippen LogP contribution < -0.4 is 0 Å². The molecule has 0 aliphatic rings. The molecule has 0 N–H and O–H groups in total. The molecule has 1 unspecified atom stereocenters. The lowest BCUT2D eigenvalue weighted by atomic mass is 10.1. The molecule has 0 aromatic carbocycles. The lowest BCUT2D eigenvalue weighted by Gasteiger charge is -2.01. The molecule has 0 fully saturated rings. The fraction of sp³-hybridized carbons (Fsp3) is 0.333. The fourth-order valence-corrected chi connectivity index (χ4v) is 1.60. The molecule has 0 saturated heterocycles. The summed E-state index contributed by atoms with van der Waals surface area (Å²) in [6, 6.07) is 3.80. The summed E-state index contributed by atoms with van der Waals surface area (Å²) >= 11 is 5.89. The van der Waals surface area contributed by atoms with Gasteiger partial charge in [0.1, 0.15) is 12.4 Å². The van der Waals surface area contributed by atoms with Gasteiger partial charge in [0.05, 0.1) is 10.7 Å². The Balaban J connectivity index is 0.000000606. The highest BCUT2D eigenvalue weighted by Crippen LogP contribution is 2.19. The van der Waals surface area contributed by atoms with Crippen molar-refractivity contribution >= 4 is 24.0 Å². The molecule has 2 aromatic heterocycles. The maximum Gasteiger partial charge on any atom is 0.137 e. The third-order valence-corrected chi connectivity index (χ3v) is 2.77. The van der Waals surface area contributed by atoms with Gasteiger partial charge in [0.25, 0.3) is 0 Å². The van der Waals surface area contributed by atoms with Crippen LogP contribution in [0.25, 0.3) is 5.65 Å². The van der Waals surface area contributed by atoms with Crippen LogP contribution in [-0.4, -0.2) is 16.2 Å². The van der Waals surface area contributed by atoms with E-state index in [4.69, 9.17) is 16.4 Å². The molecule has 0 bridgehead atoms. The number of halogens is 1. The van der Waals surface area contributed by atoms with Gasteiger partial charge in [-0.2, -0.15) is 0 Å². The summed E-state index contributed by atoms with van der Waals surface area (Å²) < 4.78 is 1.98. The molecule has 0 aliphatic heterocycles. The minimum Gasteiger partial charge on any atom is -0.307 e. The van der Waals surface area contributed by atoms with Crippen LogP contribution in [0.2, 0.25) is 5.02 Å². The van der Waals surface area contributed by atoms with Gasteiger partial charge in [-0.3, -0.25) is 0 Å². The van der Waals surface area contributed by atoms with Gasteiger partial charge in [-0.25, -0.2) is 4.98 Å². The molecule has 0 saturated carbocycles. The minimum atomic E-state index is 0.508. The summed E-state index contributed by atoms with van der Waals surface area (Å²) in [4.78, 5) is 12.5. The second-order valence-corrected chi connectivity index (χ2v) is 4.02. The zero-order valence-electron chi connectivity index (χ0n) is 9.48. The quantitative estimate of drug-likeness (QED) is 0.805. The van der Waals surface area contributed by atoms with E-state index in [2.05, 4.69) is 25.0 Å². The highest BCUT2D eigenvalue weighted by atomic mass is 35.5. The van der Waals surface area contributed by atoms with Crippen molar-refractivity contribution in [3.63, 3.8) is 0 Å². The average molecular weight is 239 g/mol. The summed E-state index contributed by atoms with van der Waals surface area (Å²) in [7, 11) is 0. The first-order valence-electron chi connectivity index (χ1n) is 5.13. The Bertz CT molecular complexity index is 467. The van der Waals surface area contributed by atoms with Crippen LogP contribution in [0.4, 0.5) is 0 Å². The molecular formula is C12H15ClN2O. The number of imidazole rings is 1. The van der Waals surface area contributed by atoms with Gasteiger partial charge < -0.3 is 9.20 Å². The average Bonchev–Trinajstić information content (AvgIpc) is 2.73. The van der Waals surface area contributed by atoms with E-state index >= 15 is 0 Å². The highest BCUT2D eigenvalue weighted by molar-refractivity contribution is 6.30. The molecule has 0 aliphatic carbocycles. The first-order chi connectivity index (χ1) is 7.70. The van der Waals surface area contributed by atoms with E-state index in [1.807, 2.05) is 29.5 Å². The Labute approximate surface area is 100 Å². The topological polar surface area (TPSA) is 34.4 Å². The molecule has 86 valence electrons. The normalized spacial score (nSPS) is 11.9. The summed E-state index contributed by atoms with van der Waals surface area (Å²) in [5.41, 5.74) is 2.10. The van der Waals surface area contributed by atoms with E-state index < -0.39 is 0 Å². The van der Waals surface area contributed by atoms with E-state index in [0.717, 1.165) is 22.8 Å². The zero-order chi connectivity index (χ0) is 12.1. The van der Waals surface area contributed by atoms with Gasteiger partial charge >= 0.3 is 0 Å². The number of hydrogen-bond donors (Lipinski definition) is 0. The Morgan fingerprint density at radius 2 is 2.12 bits per heavy atom. The molecule has 2 heterocycles. The number of fused-ring (bicyclic) bond motifs is 1. The molecule has 0 amide bonds. The first-order valence-corrected chi connectivity index (χ1v) is 5.51. The van der Waals surface area contributed by atoms with Gasteiger partial charge in [0.2, 0.25) is 0 Å². The van der Waals surface area contributed by atoms with E-state index in [1.165, 1.54) is 0 Å². The molecule has 4 heteroatoms. The van der Waals surface area contributed by atoms with Crippen molar-refractivity contribution in [2.45, 2.75) is 26.2 Å². The van der Waals surface area contributed by atoms with Gasteiger partial charge in [0, 0.05) is 12.4 Å². The summed E-state index contributed by atoms with van der Waals surface area (Å²) in [6.07, 6.45) is 5.04. The second kappa shape index (κ2) is 5.66. The Morgan fingerprint density at radius 1 is 1.44 bits per heavy atom. The van der Waals surface area contributed by atoms with Crippen molar-refractivity contribution in [3.05, 3.63) is 35.2 Å². The number of pyridine rings is 1. The smallest absolute Gasteiger partial charge is 0.137 e. The molecule has 1 atom stereocenters. The number of carbonyl (C=O) groups is 1. The molecule has 16 heavy (non-hydrogen) atoms. The number of nitrogens with zero attached hydrogens (tertiary/aromatic N) is 2. The van der Waals surface area contributed by atoms with Crippen molar-refractivity contribution in [3.8, 4) is 0 Å². The van der Waals surface area contributed by atoms with E-state index in [1.54, 1.807) is 0 Å². The maximum atomic E-state index is 8.00. The third-order valence-electron chi connectivity index (χ3n) is 2.55. The molecule has 2 aromatic rings. The number of hydrogen-bond acceptors (Lipinski definition) is 2. The van der Waals surface area contributed by atoms with Crippen LogP contribution in [-0.2, 0) is 4.79 Å². The van der Waals surface area contributed by atoms with Crippen LogP contribution in [0.5, 0.6) is 0 Å². The first kappa shape index (κ1) is 12.7. The third kappa shape index (κ3) is 2.61. The van der Waals surface area contributed by atoms with Gasteiger partial charge in [-0.15, -0.1) is 0 Å². The number of aromatic nitrogens is 2.